The fourth-order valence-electron chi connectivity index (χ4n) is 3.21. The van der Waals surface area contributed by atoms with E-state index in [0.29, 0.717) is 12.1 Å². The number of hydrogen-bond donors (Lipinski definition) is 1. The lowest BCUT2D eigenvalue weighted by Gasteiger charge is -2.15. The van der Waals surface area contributed by atoms with E-state index in [1.807, 2.05) is 0 Å². The summed E-state index contributed by atoms with van der Waals surface area (Å²) in [5.74, 6) is -0.423. The Bertz CT molecular complexity index is 1180. The summed E-state index contributed by atoms with van der Waals surface area (Å²) >= 11 is 0. The van der Waals surface area contributed by atoms with Crippen molar-refractivity contribution in [1.29, 1.82) is 0 Å². The maximum Gasteiger partial charge on any atom is 0.573 e. The number of alkyl halides is 3. The number of hydrogen-bond acceptors (Lipinski definition) is 4. The lowest BCUT2D eigenvalue weighted by atomic mass is 10.2. The van der Waals surface area contributed by atoms with Crippen molar-refractivity contribution in [2.24, 2.45) is 0 Å². The topological polar surface area (TPSA) is 81.2 Å². The fourth-order valence-corrected chi connectivity index (χ4v) is 4.66. The first-order valence-corrected chi connectivity index (χ1v) is 10.6. The quantitative estimate of drug-likeness (QED) is 0.624. The van der Waals surface area contributed by atoms with Crippen molar-refractivity contribution in [2.45, 2.75) is 36.8 Å². The first-order valence-electron chi connectivity index (χ1n) is 9.03. The molecule has 0 aliphatic heterocycles. The Hall–Kier alpha value is -3.01. The molecule has 3 rings (SSSR count). The monoisotopic (exact) mass is 440 g/mol. The molecule has 1 atom stereocenters. The van der Waals surface area contributed by atoms with Gasteiger partial charge < -0.3 is 9.72 Å². The van der Waals surface area contributed by atoms with E-state index in [4.69, 9.17) is 0 Å². The zero-order valence-electron chi connectivity index (χ0n) is 16.1. The number of ether oxygens (including phenoxy) is 1. The molecule has 0 aliphatic carbocycles. The molecule has 1 heterocycles. The van der Waals surface area contributed by atoms with Crippen LogP contribution in [0, 0.1) is 0 Å². The summed E-state index contributed by atoms with van der Waals surface area (Å²) in [6.45, 7) is 3.24. The van der Waals surface area contributed by atoms with Gasteiger partial charge in [0, 0.05) is 5.69 Å². The van der Waals surface area contributed by atoms with E-state index in [2.05, 4.69) is 9.72 Å². The van der Waals surface area contributed by atoms with Gasteiger partial charge in [0.15, 0.2) is 9.84 Å². The fraction of sp³-hybridized carbons (Fsp3) is 0.250. The van der Waals surface area contributed by atoms with Gasteiger partial charge in [-0.1, -0.05) is 25.1 Å². The highest BCUT2D eigenvalue weighted by molar-refractivity contribution is 7.91. The van der Waals surface area contributed by atoms with Crippen LogP contribution >= 0.6 is 0 Å². The number of benzene rings is 2. The standard InChI is InChI=1S/C20H19F3N2O4S/c1-3-17-18(13(2)30(27,28)16-7-5-4-6-8-16)24-19(26)25(17)14-9-11-15(12-10-14)29-20(21,22)23/h4-13H,3H2,1-2H3,(H,24,26)/t13-/m0/s1. The predicted octanol–water partition coefficient (Wildman–Crippen LogP) is 4.16. The van der Waals surface area contributed by atoms with E-state index >= 15 is 0 Å². The van der Waals surface area contributed by atoms with E-state index in [1.54, 1.807) is 25.1 Å². The van der Waals surface area contributed by atoms with Crippen molar-refractivity contribution in [3.8, 4) is 11.4 Å². The maximum atomic E-state index is 13.0. The largest absolute Gasteiger partial charge is 0.573 e. The third-order valence-corrected chi connectivity index (χ3v) is 6.73. The molecule has 160 valence electrons. The average Bonchev–Trinajstić information content (AvgIpc) is 3.03. The van der Waals surface area contributed by atoms with Crippen LogP contribution in [0.2, 0.25) is 0 Å². The first-order chi connectivity index (χ1) is 14.0. The van der Waals surface area contributed by atoms with Crippen LogP contribution in [0.1, 0.15) is 30.5 Å². The number of sulfone groups is 1. The molecular weight excluding hydrogens is 421 g/mol. The second-order valence-electron chi connectivity index (χ2n) is 6.52. The number of aromatic nitrogens is 2. The smallest absolute Gasteiger partial charge is 0.406 e. The van der Waals surface area contributed by atoms with Crippen molar-refractivity contribution < 1.29 is 26.3 Å². The van der Waals surface area contributed by atoms with Crippen molar-refractivity contribution >= 4 is 9.84 Å². The van der Waals surface area contributed by atoms with E-state index in [9.17, 15) is 26.4 Å². The van der Waals surface area contributed by atoms with Crippen LogP contribution in [0.3, 0.4) is 0 Å². The van der Waals surface area contributed by atoms with Gasteiger partial charge in [0.05, 0.1) is 16.3 Å². The highest BCUT2D eigenvalue weighted by Gasteiger charge is 2.32. The number of rotatable bonds is 6. The summed E-state index contributed by atoms with van der Waals surface area (Å²) in [7, 11) is -3.77. The summed E-state index contributed by atoms with van der Waals surface area (Å²) in [5, 5.41) is -1.03. The van der Waals surface area contributed by atoms with E-state index in [1.165, 1.54) is 35.8 Å². The molecule has 1 aromatic heterocycles. The molecule has 6 nitrogen and oxygen atoms in total. The minimum Gasteiger partial charge on any atom is -0.406 e. The molecule has 0 aliphatic rings. The zero-order chi connectivity index (χ0) is 22.1. The van der Waals surface area contributed by atoms with Gasteiger partial charge in [-0.15, -0.1) is 13.2 Å². The van der Waals surface area contributed by atoms with Gasteiger partial charge in [0.25, 0.3) is 0 Å². The Morgan fingerprint density at radius 3 is 2.20 bits per heavy atom. The summed E-state index contributed by atoms with van der Waals surface area (Å²) in [4.78, 5) is 15.3. The zero-order valence-corrected chi connectivity index (χ0v) is 16.9. The van der Waals surface area contributed by atoms with Gasteiger partial charge in [-0.2, -0.15) is 0 Å². The van der Waals surface area contributed by atoms with Gasteiger partial charge in [-0.25, -0.2) is 13.2 Å². The SMILES string of the molecule is CCc1c([C@H](C)S(=O)(=O)c2ccccc2)[nH]c(=O)n1-c1ccc(OC(F)(F)F)cc1. The Balaban J connectivity index is 2.03. The van der Waals surface area contributed by atoms with Crippen LogP contribution in [0.4, 0.5) is 13.2 Å². The second kappa shape index (κ2) is 8.02. The Kier molecular flexibility index (Phi) is 5.80. The Labute approximate surface area is 170 Å². The molecule has 0 saturated carbocycles. The molecule has 10 heteroatoms. The highest BCUT2D eigenvalue weighted by Crippen LogP contribution is 2.30. The number of nitrogens with zero attached hydrogens (tertiary/aromatic N) is 1. The molecule has 0 unspecified atom stereocenters. The van der Waals surface area contributed by atoms with Gasteiger partial charge in [0.1, 0.15) is 11.0 Å². The molecule has 0 bridgehead atoms. The van der Waals surface area contributed by atoms with Crippen LogP contribution in [-0.2, 0) is 16.3 Å². The molecule has 0 amide bonds. The second-order valence-corrected chi connectivity index (χ2v) is 8.79. The molecule has 1 N–H and O–H groups in total. The van der Waals surface area contributed by atoms with Crippen molar-refractivity contribution in [2.75, 3.05) is 0 Å². The molecule has 0 fully saturated rings. The number of H-pyrrole nitrogens is 1. The highest BCUT2D eigenvalue weighted by atomic mass is 32.2. The summed E-state index contributed by atoms with van der Waals surface area (Å²) in [6.07, 6.45) is -4.50. The lowest BCUT2D eigenvalue weighted by molar-refractivity contribution is -0.274. The van der Waals surface area contributed by atoms with Gasteiger partial charge >= 0.3 is 12.1 Å². The van der Waals surface area contributed by atoms with Crippen LogP contribution in [0.15, 0.2) is 64.3 Å². The van der Waals surface area contributed by atoms with Crippen molar-refractivity contribution in [3.63, 3.8) is 0 Å². The molecule has 0 radical (unpaired) electrons. The summed E-state index contributed by atoms with van der Waals surface area (Å²) in [6, 6.07) is 12.7. The van der Waals surface area contributed by atoms with Crippen LogP contribution < -0.4 is 10.4 Å². The average molecular weight is 440 g/mol. The number of nitrogens with one attached hydrogen (secondary N) is 1. The molecule has 3 aromatic rings. The molecule has 30 heavy (non-hydrogen) atoms. The van der Waals surface area contributed by atoms with Crippen LogP contribution in [-0.4, -0.2) is 24.3 Å². The van der Waals surface area contributed by atoms with Crippen LogP contribution in [0.5, 0.6) is 5.75 Å². The molecule has 2 aromatic carbocycles. The van der Waals surface area contributed by atoms with E-state index in [-0.39, 0.29) is 16.3 Å². The Morgan fingerprint density at radius 1 is 1.07 bits per heavy atom. The number of halogens is 3. The summed E-state index contributed by atoms with van der Waals surface area (Å²) in [5.41, 5.74) is 0.373. The third-order valence-electron chi connectivity index (χ3n) is 4.63. The van der Waals surface area contributed by atoms with E-state index < -0.39 is 32.9 Å². The maximum absolute atomic E-state index is 13.0. The minimum atomic E-state index is -4.82. The van der Waals surface area contributed by atoms with Crippen LogP contribution in [0.25, 0.3) is 5.69 Å². The molecule has 0 spiro atoms. The molecular formula is C20H19F3N2O4S. The van der Waals surface area contributed by atoms with Gasteiger partial charge in [-0.3, -0.25) is 4.57 Å². The van der Waals surface area contributed by atoms with Crippen molar-refractivity contribution in [3.05, 3.63) is 76.5 Å². The predicted molar refractivity (Wildman–Crippen MR) is 104 cm³/mol. The van der Waals surface area contributed by atoms with E-state index in [0.717, 1.165) is 12.1 Å². The number of aromatic amines is 1. The first kappa shape index (κ1) is 21.7. The third kappa shape index (κ3) is 4.28. The van der Waals surface area contributed by atoms with Gasteiger partial charge in [-0.05, 0) is 49.7 Å². The molecule has 0 saturated heterocycles. The Morgan fingerprint density at radius 2 is 1.67 bits per heavy atom. The normalized spacial score (nSPS) is 13.2. The minimum absolute atomic E-state index is 0.127. The summed E-state index contributed by atoms with van der Waals surface area (Å²) < 4.78 is 68.1. The number of imidazole rings is 1. The lowest BCUT2D eigenvalue weighted by Crippen LogP contribution is -2.18. The van der Waals surface area contributed by atoms with Gasteiger partial charge in [0.2, 0.25) is 0 Å². The van der Waals surface area contributed by atoms with Crippen molar-refractivity contribution in [1.82, 2.24) is 9.55 Å².